The molecule has 248 valence electrons. The van der Waals surface area contributed by atoms with Crippen molar-refractivity contribution >= 4 is 38.3 Å². The first-order chi connectivity index (χ1) is 22.8. The second-order valence-corrected chi connectivity index (χ2v) is 13.7. The van der Waals surface area contributed by atoms with Crippen molar-refractivity contribution in [2.75, 3.05) is 56.2 Å². The van der Waals surface area contributed by atoms with E-state index >= 15 is 4.39 Å². The summed E-state index contributed by atoms with van der Waals surface area (Å²) in [5, 5.41) is 15.0. The number of piperazine rings is 1. The molecule has 3 saturated heterocycles. The predicted octanol–water partition coefficient (Wildman–Crippen LogP) is 5.00. The van der Waals surface area contributed by atoms with E-state index in [2.05, 4.69) is 26.1 Å². The van der Waals surface area contributed by atoms with E-state index in [1.54, 1.807) is 6.26 Å². The van der Waals surface area contributed by atoms with E-state index in [9.17, 15) is 13.7 Å². The van der Waals surface area contributed by atoms with E-state index in [-0.39, 0.29) is 51.1 Å². The number of ether oxygens (including phenoxy) is 1. The van der Waals surface area contributed by atoms with Gasteiger partial charge in [0.1, 0.15) is 35.2 Å². The Bertz CT molecular complexity index is 1870. The summed E-state index contributed by atoms with van der Waals surface area (Å²) in [4.78, 5) is 18.4. The summed E-state index contributed by atoms with van der Waals surface area (Å²) in [5.41, 5.74) is -0.0949. The average Bonchev–Trinajstić information content (AvgIpc) is 3.65. The van der Waals surface area contributed by atoms with Crippen LogP contribution in [-0.4, -0.2) is 92.1 Å². The maximum absolute atomic E-state index is 16.8. The number of aromatic nitrogens is 3. The Balaban J connectivity index is 0.00000190. The minimum atomic E-state index is -1.00. The number of terminal acetylenes is 1. The van der Waals surface area contributed by atoms with E-state index in [0.29, 0.717) is 48.6 Å². The normalized spacial score (nSPS) is 19.7. The van der Waals surface area contributed by atoms with Crippen molar-refractivity contribution in [3.05, 3.63) is 47.7 Å². The first-order valence-electron chi connectivity index (χ1n) is 16.2. The van der Waals surface area contributed by atoms with Crippen molar-refractivity contribution < 1.29 is 22.8 Å². The van der Waals surface area contributed by atoms with Crippen LogP contribution in [0.25, 0.3) is 32.9 Å². The Morgan fingerprint density at radius 1 is 1.17 bits per heavy atom. The second-order valence-electron chi connectivity index (χ2n) is 12.2. The topological polar surface area (TPSA) is 104 Å². The lowest BCUT2D eigenvalue weighted by Gasteiger charge is -2.35. The van der Waals surface area contributed by atoms with E-state index in [1.807, 2.05) is 18.7 Å². The lowest BCUT2D eigenvalue weighted by Crippen LogP contribution is -2.53. The van der Waals surface area contributed by atoms with Crippen LogP contribution < -0.4 is 15.0 Å². The van der Waals surface area contributed by atoms with Crippen LogP contribution in [0.2, 0.25) is 0 Å². The van der Waals surface area contributed by atoms with Crippen LogP contribution in [0, 0.1) is 24.0 Å². The molecular weight excluding hydrogens is 622 g/mol. The van der Waals surface area contributed by atoms with Crippen molar-refractivity contribution in [3.8, 4) is 35.4 Å². The van der Waals surface area contributed by atoms with Gasteiger partial charge < -0.3 is 20.1 Å². The summed E-state index contributed by atoms with van der Waals surface area (Å²) in [5.74, 6) is 1.78. The van der Waals surface area contributed by atoms with E-state index < -0.39 is 22.4 Å². The van der Waals surface area contributed by atoms with Gasteiger partial charge in [-0.1, -0.05) is 25.8 Å². The number of anilines is 1. The minimum Gasteiger partial charge on any atom is -0.508 e. The van der Waals surface area contributed by atoms with Crippen molar-refractivity contribution in [3.63, 3.8) is 0 Å². The summed E-state index contributed by atoms with van der Waals surface area (Å²) >= 11 is 0. The molecule has 2 unspecified atom stereocenters. The van der Waals surface area contributed by atoms with Gasteiger partial charge in [-0.3, -0.25) is 14.1 Å². The quantitative estimate of drug-likeness (QED) is 0.265. The van der Waals surface area contributed by atoms with Crippen LogP contribution in [0.1, 0.15) is 45.1 Å². The molecule has 47 heavy (non-hydrogen) atoms. The molecule has 12 heteroatoms. The largest absolute Gasteiger partial charge is 0.508 e. The highest BCUT2D eigenvalue weighted by Crippen LogP contribution is 2.41. The number of halogens is 2. The Hall–Kier alpha value is -3.92. The number of hydrogen-bond donors (Lipinski definition) is 2. The van der Waals surface area contributed by atoms with Crippen molar-refractivity contribution in [2.24, 2.45) is 0 Å². The van der Waals surface area contributed by atoms with Gasteiger partial charge in [-0.25, -0.2) is 8.78 Å². The molecule has 0 aliphatic carbocycles. The number of fused-ring (bicyclic) bond motifs is 3. The van der Waals surface area contributed by atoms with Crippen LogP contribution in [0.4, 0.5) is 14.6 Å². The highest BCUT2D eigenvalue weighted by atomic mass is 32.2. The molecule has 0 saturated carbocycles. The molecule has 4 aromatic rings. The van der Waals surface area contributed by atoms with Gasteiger partial charge in [0.05, 0.1) is 16.5 Å². The number of pyridine rings is 1. The van der Waals surface area contributed by atoms with Gasteiger partial charge in [-0.05, 0) is 62.4 Å². The second kappa shape index (κ2) is 13.7. The number of nitrogens with one attached hydrogen (secondary N) is 1. The van der Waals surface area contributed by atoms with Gasteiger partial charge in [-0.15, -0.1) is 6.42 Å². The fraction of sp³-hybridized carbons (Fsp3) is 0.457. The standard InChI is InChI=1S/C33H34F2N6O3S.C2H6/c1-3-23-26(34)7-6-20-14-22(42)15-24(27(20)23)29-28(35)30-25(16-37-29)31(40-13-10-36-21(17-40)18-45(2)43)39-32(38-30)44-19-33-8-4-11-41(33)12-5-9-33;1-2/h1,6-7,14-16,21,36,42H,4-5,8-13,17-19H2,2H3;1-2H3. The number of phenolic OH excluding ortho intramolecular Hbond substituents is 1. The van der Waals surface area contributed by atoms with E-state index in [1.165, 1.54) is 30.5 Å². The SMILES string of the molecule is C#Cc1c(F)ccc2cc(O)cc(-c3ncc4c(N5CCNC(CS(C)=O)C5)nc(OCC56CCCN5CCC6)nc4c3F)c12.CC. The van der Waals surface area contributed by atoms with Crippen molar-refractivity contribution in [1.82, 2.24) is 25.2 Å². The molecule has 2 aromatic heterocycles. The van der Waals surface area contributed by atoms with Gasteiger partial charge in [0.25, 0.3) is 0 Å². The molecule has 2 aromatic carbocycles. The zero-order valence-corrected chi connectivity index (χ0v) is 27.8. The van der Waals surface area contributed by atoms with Gasteiger partial charge in [0, 0.05) is 65.6 Å². The highest BCUT2D eigenvalue weighted by molar-refractivity contribution is 7.84. The highest BCUT2D eigenvalue weighted by Gasteiger charge is 2.45. The number of nitrogens with zero attached hydrogens (tertiary/aromatic N) is 5. The Kier molecular flexibility index (Phi) is 9.60. The number of phenols is 1. The van der Waals surface area contributed by atoms with E-state index in [4.69, 9.17) is 16.1 Å². The predicted molar refractivity (Wildman–Crippen MR) is 182 cm³/mol. The molecule has 7 rings (SSSR count). The fourth-order valence-electron chi connectivity index (χ4n) is 7.34. The smallest absolute Gasteiger partial charge is 0.319 e. The summed E-state index contributed by atoms with van der Waals surface area (Å²) in [6.45, 7) is 8.20. The van der Waals surface area contributed by atoms with Gasteiger partial charge in [-0.2, -0.15) is 9.97 Å². The third-order valence-corrected chi connectivity index (χ3v) is 10.2. The zero-order chi connectivity index (χ0) is 33.3. The van der Waals surface area contributed by atoms with Crippen LogP contribution in [-0.2, 0) is 10.8 Å². The molecule has 0 spiro atoms. The molecule has 0 radical (unpaired) electrons. The summed E-state index contributed by atoms with van der Waals surface area (Å²) in [7, 11) is -1.00. The molecule has 3 aliphatic rings. The summed E-state index contributed by atoms with van der Waals surface area (Å²) in [6, 6.07) is 5.50. The third kappa shape index (κ3) is 6.24. The molecule has 3 fully saturated rings. The van der Waals surface area contributed by atoms with Crippen LogP contribution in [0.5, 0.6) is 11.8 Å². The molecule has 0 bridgehead atoms. The molecular formula is C35H40F2N6O3S. The third-order valence-electron chi connectivity index (χ3n) is 9.37. The Labute approximate surface area is 276 Å². The van der Waals surface area contributed by atoms with Crippen LogP contribution in [0.15, 0.2) is 30.5 Å². The lowest BCUT2D eigenvalue weighted by atomic mass is 9.95. The molecule has 9 nitrogen and oxygen atoms in total. The van der Waals surface area contributed by atoms with Crippen molar-refractivity contribution in [2.45, 2.75) is 51.1 Å². The van der Waals surface area contributed by atoms with Crippen molar-refractivity contribution in [1.29, 1.82) is 0 Å². The molecule has 0 amide bonds. The zero-order valence-electron chi connectivity index (χ0n) is 27.0. The molecule has 2 atom stereocenters. The number of benzene rings is 2. The summed E-state index contributed by atoms with van der Waals surface area (Å²) in [6.07, 6.45) is 13.1. The Morgan fingerprint density at radius 2 is 1.94 bits per heavy atom. The average molecular weight is 663 g/mol. The lowest BCUT2D eigenvalue weighted by molar-refractivity contribution is 0.108. The van der Waals surface area contributed by atoms with Gasteiger partial charge in [0.15, 0.2) is 5.82 Å². The van der Waals surface area contributed by atoms with E-state index in [0.717, 1.165) is 38.8 Å². The summed E-state index contributed by atoms with van der Waals surface area (Å²) < 4.78 is 49.9. The van der Waals surface area contributed by atoms with Gasteiger partial charge >= 0.3 is 6.01 Å². The minimum absolute atomic E-state index is 0.00324. The maximum atomic E-state index is 16.8. The number of rotatable bonds is 7. The molecule has 5 heterocycles. The first-order valence-corrected chi connectivity index (χ1v) is 17.9. The maximum Gasteiger partial charge on any atom is 0.319 e. The fourth-order valence-corrected chi connectivity index (χ4v) is 8.13. The molecule has 2 N–H and O–H groups in total. The monoisotopic (exact) mass is 662 g/mol. The van der Waals surface area contributed by atoms with Gasteiger partial charge in [0.2, 0.25) is 0 Å². The number of hydrogen-bond acceptors (Lipinski definition) is 9. The van der Waals surface area contributed by atoms with Crippen LogP contribution in [0.3, 0.4) is 0 Å². The van der Waals surface area contributed by atoms with Crippen LogP contribution >= 0.6 is 0 Å². The first kappa shape index (κ1) is 33.0. The molecule has 3 aliphatic heterocycles. The number of aromatic hydroxyl groups is 1. The Morgan fingerprint density at radius 3 is 2.66 bits per heavy atom.